The molecule has 0 N–H and O–H groups in total. The highest BCUT2D eigenvalue weighted by molar-refractivity contribution is 4.69. The summed E-state index contributed by atoms with van der Waals surface area (Å²) >= 11 is 0. The van der Waals surface area contributed by atoms with Crippen LogP contribution in [-0.4, -0.2) is 0 Å². The van der Waals surface area contributed by atoms with Gasteiger partial charge in [0.25, 0.3) is 0 Å². The molecule has 158 valence electrons. The normalized spacial score (nSPS) is 13.8. The van der Waals surface area contributed by atoms with Gasteiger partial charge in [-0.2, -0.15) is 0 Å². The quantitative estimate of drug-likeness (QED) is 0.177. The second kappa shape index (κ2) is 21.3. The monoisotopic (exact) mass is 366 g/mol. The van der Waals surface area contributed by atoms with E-state index in [0.29, 0.717) is 0 Å². The van der Waals surface area contributed by atoms with Gasteiger partial charge in [0, 0.05) is 0 Å². The first kappa shape index (κ1) is 26.0. The van der Waals surface area contributed by atoms with Gasteiger partial charge in [0.15, 0.2) is 0 Å². The number of rotatable bonds is 21. The van der Waals surface area contributed by atoms with Crippen LogP contribution in [0, 0.1) is 11.8 Å². The topological polar surface area (TPSA) is 0 Å². The summed E-state index contributed by atoms with van der Waals surface area (Å²) < 4.78 is 0. The van der Waals surface area contributed by atoms with E-state index in [2.05, 4.69) is 27.7 Å². The Balaban J connectivity index is 4.36. The van der Waals surface area contributed by atoms with Crippen molar-refractivity contribution < 1.29 is 0 Å². The highest BCUT2D eigenvalue weighted by atomic mass is 14.2. The maximum atomic E-state index is 2.35. The second-order valence-electron chi connectivity index (χ2n) is 9.01. The van der Waals surface area contributed by atoms with Gasteiger partial charge in [0.05, 0.1) is 0 Å². The first-order chi connectivity index (χ1) is 12.8. The van der Waals surface area contributed by atoms with Gasteiger partial charge in [0.1, 0.15) is 0 Å². The van der Waals surface area contributed by atoms with Gasteiger partial charge in [-0.05, 0) is 18.3 Å². The first-order valence-electron chi connectivity index (χ1n) is 12.8. The van der Waals surface area contributed by atoms with Crippen molar-refractivity contribution in [1.29, 1.82) is 0 Å². The molecule has 0 aliphatic heterocycles. The molecule has 2 unspecified atom stereocenters. The van der Waals surface area contributed by atoms with Crippen LogP contribution in [0.3, 0.4) is 0 Å². The molecule has 26 heavy (non-hydrogen) atoms. The van der Waals surface area contributed by atoms with E-state index in [1.807, 2.05) is 0 Å². The molecular weight excluding hydrogens is 312 g/mol. The molecule has 0 spiro atoms. The molecule has 0 aromatic carbocycles. The Morgan fingerprint density at radius 3 is 1.00 bits per heavy atom. The minimum absolute atomic E-state index is 1.03. The molecular formula is C26H54. The van der Waals surface area contributed by atoms with E-state index in [4.69, 9.17) is 0 Å². The number of hydrogen-bond donors (Lipinski definition) is 0. The van der Waals surface area contributed by atoms with Crippen LogP contribution in [0.25, 0.3) is 0 Å². The molecule has 0 heteroatoms. The third-order valence-corrected chi connectivity index (χ3v) is 6.28. The van der Waals surface area contributed by atoms with Crippen molar-refractivity contribution in [3.05, 3.63) is 0 Å². The second-order valence-corrected chi connectivity index (χ2v) is 9.01. The molecule has 0 aliphatic carbocycles. The molecule has 0 heterocycles. The molecule has 0 fully saturated rings. The van der Waals surface area contributed by atoms with Crippen molar-refractivity contribution in [2.24, 2.45) is 11.8 Å². The zero-order chi connectivity index (χ0) is 19.3. The van der Waals surface area contributed by atoms with Crippen LogP contribution in [0.2, 0.25) is 0 Å². The maximum absolute atomic E-state index is 2.35. The predicted molar refractivity (Wildman–Crippen MR) is 122 cm³/mol. The van der Waals surface area contributed by atoms with Gasteiger partial charge in [-0.1, -0.05) is 150 Å². The Bertz CT molecular complexity index is 244. The van der Waals surface area contributed by atoms with Gasteiger partial charge in [-0.25, -0.2) is 0 Å². The van der Waals surface area contributed by atoms with Gasteiger partial charge >= 0.3 is 0 Å². The minimum atomic E-state index is 1.03. The average Bonchev–Trinajstić information content (AvgIpc) is 2.64. The maximum Gasteiger partial charge on any atom is -0.0412 e. The van der Waals surface area contributed by atoms with Crippen molar-refractivity contribution in [3.63, 3.8) is 0 Å². The molecule has 0 rings (SSSR count). The van der Waals surface area contributed by atoms with E-state index in [-0.39, 0.29) is 0 Å². The van der Waals surface area contributed by atoms with Crippen molar-refractivity contribution in [1.82, 2.24) is 0 Å². The van der Waals surface area contributed by atoms with E-state index in [0.717, 1.165) is 11.8 Å². The number of unbranched alkanes of at least 4 members (excludes halogenated alkanes) is 11. The largest absolute Gasteiger partial charge is 0.0654 e. The van der Waals surface area contributed by atoms with E-state index in [9.17, 15) is 0 Å². The minimum Gasteiger partial charge on any atom is -0.0654 e. The smallest absolute Gasteiger partial charge is 0.0412 e. The third-order valence-electron chi connectivity index (χ3n) is 6.28. The van der Waals surface area contributed by atoms with Gasteiger partial charge in [-0.3, -0.25) is 0 Å². The van der Waals surface area contributed by atoms with E-state index < -0.39 is 0 Å². The first-order valence-corrected chi connectivity index (χ1v) is 12.8. The van der Waals surface area contributed by atoms with Crippen molar-refractivity contribution >= 4 is 0 Å². The summed E-state index contributed by atoms with van der Waals surface area (Å²) in [4.78, 5) is 0. The van der Waals surface area contributed by atoms with Gasteiger partial charge in [0.2, 0.25) is 0 Å². The van der Waals surface area contributed by atoms with E-state index in [1.54, 1.807) is 6.42 Å². The van der Waals surface area contributed by atoms with Crippen LogP contribution in [0.5, 0.6) is 0 Å². The molecule has 0 radical (unpaired) electrons. The van der Waals surface area contributed by atoms with Crippen molar-refractivity contribution in [2.45, 2.75) is 156 Å². The Hall–Kier alpha value is 0. The van der Waals surface area contributed by atoms with Crippen molar-refractivity contribution in [3.8, 4) is 0 Å². The number of hydrogen-bond acceptors (Lipinski definition) is 0. The predicted octanol–water partition coefficient (Wildman–Crippen LogP) is 10.1. The molecule has 2 atom stereocenters. The Labute approximate surface area is 168 Å². The van der Waals surface area contributed by atoms with Gasteiger partial charge in [-0.15, -0.1) is 0 Å². The molecule has 0 aromatic rings. The third kappa shape index (κ3) is 17.4. The van der Waals surface area contributed by atoms with Crippen LogP contribution in [0.15, 0.2) is 0 Å². The average molecular weight is 367 g/mol. The summed E-state index contributed by atoms with van der Waals surface area (Å²) in [5, 5.41) is 0. The zero-order valence-corrected chi connectivity index (χ0v) is 19.3. The fourth-order valence-corrected chi connectivity index (χ4v) is 4.49. The highest BCUT2D eigenvalue weighted by Crippen LogP contribution is 2.30. The molecule has 0 saturated heterocycles. The summed E-state index contributed by atoms with van der Waals surface area (Å²) in [5.74, 6) is 2.06. The molecule has 0 nitrogen and oxygen atoms in total. The Morgan fingerprint density at radius 1 is 0.346 bits per heavy atom. The molecule has 0 bridgehead atoms. The summed E-state index contributed by atoms with van der Waals surface area (Å²) in [6.45, 7) is 9.36. The fourth-order valence-electron chi connectivity index (χ4n) is 4.49. The van der Waals surface area contributed by atoms with E-state index >= 15 is 0 Å². The van der Waals surface area contributed by atoms with Crippen LogP contribution in [0.1, 0.15) is 156 Å². The molecule has 0 aromatic heterocycles. The summed E-state index contributed by atoms with van der Waals surface area (Å²) in [7, 11) is 0. The van der Waals surface area contributed by atoms with Crippen LogP contribution >= 0.6 is 0 Å². The summed E-state index contributed by atoms with van der Waals surface area (Å²) in [6, 6.07) is 0. The van der Waals surface area contributed by atoms with Crippen molar-refractivity contribution in [2.75, 3.05) is 0 Å². The van der Waals surface area contributed by atoms with Gasteiger partial charge < -0.3 is 0 Å². The lowest BCUT2D eigenvalue weighted by Gasteiger charge is -2.24. The van der Waals surface area contributed by atoms with E-state index in [1.165, 1.54) is 122 Å². The molecule has 0 saturated carbocycles. The zero-order valence-electron chi connectivity index (χ0n) is 19.3. The Morgan fingerprint density at radius 2 is 0.615 bits per heavy atom. The molecule has 0 amide bonds. The van der Waals surface area contributed by atoms with Crippen LogP contribution < -0.4 is 0 Å². The van der Waals surface area contributed by atoms with Crippen LogP contribution in [0.4, 0.5) is 0 Å². The lowest BCUT2D eigenvalue weighted by atomic mass is 9.82. The van der Waals surface area contributed by atoms with Crippen LogP contribution in [-0.2, 0) is 0 Å². The SMILES string of the molecule is CCCCCCCC(CCCCC)CC(CCCCC)CCCCCC. The lowest BCUT2D eigenvalue weighted by molar-refractivity contribution is 0.283. The standard InChI is InChI=1S/C26H54/c1-5-9-13-15-19-23-26(21-17-12-8-4)24-25(20-16-11-7-3)22-18-14-10-6-2/h25-26H,5-24H2,1-4H3. The Kier molecular flexibility index (Phi) is 21.3. The summed E-state index contributed by atoms with van der Waals surface area (Å²) in [6.07, 6.45) is 29.3. The highest BCUT2D eigenvalue weighted by Gasteiger charge is 2.16. The fraction of sp³-hybridized carbons (Fsp3) is 1.00. The lowest BCUT2D eigenvalue weighted by Crippen LogP contribution is -2.10. The molecule has 0 aliphatic rings. The summed E-state index contributed by atoms with van der Waals surface area (Å²) in [5.41, 5.74) is 0.